The molecule has 33 heavy (non-hydrogen) atoms. The van der Waals surface area contributed by atoms with Gasteiger partial charge >= 0.3 is 0 Å². The highest BCUT2D eigenvalue weighted by atomic mass is 32.2. The Labute approximate surface area is 196 Å². The summed E-state index contributed by atoms with van der Waals surface area (Å²) in [5.41, 5.74) is 1.39. The van der Waals surface area contributed by atoms with E-state index in [1.807, 2.05) is 37.3 Å². The van der Waals surface area contributed by atoms with Crippen LogP contribution in [-0.2, 0) is 26.2 Å². The third-order valence-electron chi connectivity index (χ3n) is 5.32. The second kappa shape index (κ2) is 12.2. The third-order valence-corrected chi connectivity index (χ3v) is 6.52. The molecule has 1 N–H and O–H groups in total. The molecule has 9 heteroatoms. The summed E-state index contributed by atoms with van der Waals surface area (Å²) in [5.74, 6) is 0.118. The van der Waals surface area contributed by atoms with Gasteiger partial charge in [-0.25, -0.2) is 8.42 Å². The molecule has 2 rings (SSSR count). The minimum Gasteiger partial charge on any atom is -0.497 e. The van der Waals surface area contributed by atoms with Gasteiger partial charge in [0, 0.05) is 32.6 Å². The number of benzene rings is 2. The highest BCUT2D eigenvalue weighted by Crippen LogP contribution is 2.24. The first-order chi connectivity index (χ1) is 15.7. The Hall–Kier alpha value is -3.07. The van der Waals surface area contributed by atoms with Crippen LogP contribution in [0.25, 0.3) is 0 Å². The molecule has 0 fully saturated rings. The molecule has 0 aliphatic heterocycles. The van der Waals surface area contributed by atoms with Crippen molar-refractivity contribution in [3.8, 4) is 5.75 Å². The van der Waals surface area contributed by atoms with Gasteiger partial charge in [0.2, 0.25) is 21.8 Å². The Morgan fingerprint density at radius 1 is 1.09 bits per heavy atom. The van der Waals surface area contributed by atoms with Gasteiger partial charge in [-0.1, -0.05) is 43.3 Å². The summed E-state index contributed by atoms with van der Waals surface area (Å²) in [4.78, 5) is 27.2. The van der Waals surface area contributed by atoms with Crippen LogP contribution >= 0.6 is 0 Å². The lowest BCUT2D eigenvalue weighted by molar-refractivity contribution is -0.141. The summed E-state index contributed by atoms with van der Waals surface area (Å²) < 4.78 is 31.3. The Balaban J connectivity index is 2.17. The standard InChI is InChI=1S/C24H33N3O5S/c1-5-22(24(29)25-2)26(18-19-11-7-6-8-12-19)23(28)15-10-16-27(33(4,30)31)20-13-9-14-21(17-20)32-3/h6-9,11-14,17,22H,5,10,15-16,18H2,1-4H3,(H,25,29)/t22-/m0/s1. The monoisotopic (exact) mass is 475 g/mol. The third kappa shape index (κ3) is 7.49. The minimum absolute atomic E-state index is 0.107. The molecule has 0 aliphatic carbocycles. The van der Waals surface area contributed by atoms with Crippen LogP contribution in [0.5, 0.6) is 5.75 Å². The molecule has 0 spiro atoms. The summed E-state index contributed by atoms with van der Waals surface area (Å²) >= 11 is 0. The summed E-state index contributed by atoms with van der Waals surface area (Å²) in [6, 6.07) is 15.7. The van der Waals surface area contributed by atoms with Gasteiger partial charge in [0.15, 0.2) is 0 Å². The molecule has 2 aromatic rings. The summed E-state index contributed by atoms with van der Waals surface area (Å²) in [7, 11) is -0.495. The number of carbonyl (C=O) groups is 2. The molecule has 1 atom stereocenters. The lowest BCUT2D eigenvalue weighted by atomic mass is 10.1. The molecule has 0 aliphatic rings. The molecule has 0 saturated heterocycles. The van der Waals surface area contributed by atoms with E-state index in [-0.39, 0.29) is 24.8 Å². The van der Waals surface area contributed by atoms with Crippen molar-refractivity contribution in [2.45, 2.75) is 38.8 Å². The van der Waals surface area contributed by atoms with E-state index in [9.17, 15) is 18.0 Å². The van der Waals surface area contributed by atoms with Crippen LogP contribution in [0, 0.1) is 0 Å². The minimum atomic E-state index is -3.56. The average molecular weight is 476 g/mol. The number of hydrogen-bond donors (Lipinski definition) is 1. The number of nitrogens with zero attached hydrogens (tertiary/aromatic N) is 2. The van der Waals surface area contributed by atoms with Gasteiger partial charge in [-0.3, -0.25) is 13.9 Å². The molecule has 0 bridgehead atoms. The number of hydrogen-bond acceptors (Lipinski definition) is 5. The van der Waals surface area contributed by atoms with Gasteiger partial charge in [0.05, 0.1) is 19.1 Å². The highest BCUT2D eigenvalue weighted by molar-refractivity contribution is 7.92. The number of sulfonamides is 1. The molecule has 0 heterocycles. The number of nitrogens with one attached hydrogen (secondary N) is 1. The number of rotatable bonds is 12. The lowest BCUT2D eigenvalue weighted by Crippen LogP contribution is -2.48. The van der Waals surface area contributed by atoms with Crippen molar-refractivity contribution in [3.63, 3.8) is 0 Å². The second-order valence-electron chi connectivity index (χ2n) is 7.69. The van der Waals surface area contributed by atoms with E-state index in [4.69, 9.17) is 4.74 Å². The van der Waals surface area contributed by atoms with Crippen LogP contribution in [-0.4, -0.2) is 58.1 Å². The van der Waals surface area contributed by atoms with E-state index in [1.165, 1.54) is 11.4 Å². The van der Waals surface area contributed by atoms with Crippen LogP contribution in [0.2, 0.25) is 0 Å². The first kappa shape index (κ1) is 26.2. The van der Waals surface area contributed by atoms with Gasteiger partial charge in [-0.15, -0.1) is 0 Å². The van der Waals surface area contributed by atoms with Gasteiger partial charge in [-0.2, -0.15) is 0 Å². The zero-order valence-electron chi connectivity index (χ0n) is 19.7. The molecule has 2 amide bonds. The van der Waals surface area contributed by atoms with Crippen LogP contribution in [0.3, 0.4) is 0 Å². The zero-order valence-corrected chi connectivity index (χ0v) is 20.5. The molecule has 0 saturated carbocycles. The first-order valence-electron chi connectivity index (χ1n) is 10.9. The fourth-order valence-electron chi connectivity index (χ4n) is 3.64. The Morgan fingerprint density at radius 2 is 1.79 bits per heavy atom. The number of anilines is 1. The summed E-state index contributed by atoms with van der Waals surface area (Å²) in [5, 5.41) is 2.63. The number of likely N-dealkylation sites (N-methyl/N-ethyl adjacent to an activating group) is 1. The van der Waals surface area contributed by atoms with E-state index in [0.29, 0.717) is 30.8 Å². The van der Waals surface area contributed by atoms with E-state index in [1.54, 1.807) is 36.2 Å². The van der Waals surface area contributed by atoms with Crippen molar-refractivity contribution in [2.75, 3.05) is 31.3 Å². The molecule has 0 unspecified atom stereocenters. The number of carbonyl (C=O) groups excluding carboxylic acids is 2. The molecule has 180 valence electrons. The largest absolute Gasteiger partial charge is 0.497 e. The maximum absolute atomic E-state index is 13.2. The molecular formula is C24H33N3O5S. The predicted octanol–water partition coefficient (Wildman–Crippen LogP) is 2.79. The van der Waals surface area contributed by atoms with Gasteiger partial charge in [0.25, 0.3) is 0 Å². The van der Waals surface area contributed by atoms with Gasteiger partial charge in [-0.05, 0) is 30.5 Å². The topological polar surface area (TPSA) is 96.0 Å². The van der Waals surface area contributed by atoms with E-state index in [0.717, 1.165) is 11.8 Å². The van der Waals surface area contributed by atoms with Gasteiger partial charge in [0.1, 0.15) is 11.8 Å². The number of amides is 2. The van der Waals surface area contributed by atoms with Crippen molar-refractivity contribution >= 4 is 27.5 Å². The summed E-state index contributed by atoms with van der Waals surface area (Å²) in [6.07, 6.45) is 2.02. The van der Waals surface area contributed by atoms with Crippen LogP contribution in [0.4, 0.5) is 5.69 Å². The fraction of sp³-hybridized carbons (Fsp3) is 0.417. The molecular weight excluding hydrogens is 442 g/mol. The zero-order chi connectivity index (χ0) is 24.4. The molecule has 2 aromatic carbocycles. The normalized spacial score (nSPS) is 12.0. The Kier molecular flexibility index (Phi) is 9.72. The average Bonchev–Trinajstić information content (AvgIpc) is 2.81. The quantitative estimate of drug-likeness (QED) is 0.509. The van der Waals surface area contributed by atoms with E-state index < -0.39 is 16.1 Å². The van der Waals surface area contributed by atoms with Crippen molar-refractivity contribution in [3.05, 3.63) is 60.2 Å². The molecule has 0 radical (unpaired) electrons. The molecule has 0 aromatic heterocycles. The van der Waals surface area contributed by atoms with Crippen LogP contribution in [0.15, 0.2) is 54.6 Å². The lowest BCUT2D eigenvalue weighted by Gasteiger charge is -2.30. The van der Waals surface area contributed by atoms with E-state index >= 15 is 0 Å². The maximum Gasteiger partial charge on any atom is 0.242 e. The SMILES string of the molecule is CC[C@@H](C(=O)NC)N(Cc1ccccc1)C(=O)CCCN(c1cccc(OC)c1)S(C)(=O)=O. The van der Waals surface area contributed by atoms with Crippen molar-refractivity contribution in [1.82, 2.24) is 10.2 Å². The summed E-state index contributed by atoms with van der Waals surface area (Å²) in [6.45, 7) is 2.30. The van der Waals surface area contributed by atoms with Crippen LogP contribution < -0.4 is 14.4 Å². The van der Waals surface area contributed by atoms with Crippen molar-refractivity contribution in [1.29, 1.82) is 0 Å². The Bertz CT molecular complexity index is 1030. The van der Waals surface area contributed by atoms with Crippen LogP contribution in [0.1, 0.15) is 31.7 Å². The first-order valence-corrected chi connectivity index (χ1v) is 12.7. The smallest absolute Gasteiger partial charge is 0.242 e. The van der Waals surface area contributed by atoms with Crippen molar-refractivity contribution in [2.24, 2.45) is 0 Å². The maximum atomic E-state index is 13.2. The number of methoxy groups -OCH3 is 1. The number of ether oxygens (including phenoxy) is 1. The van der Waals surface area contributed by atoms with Gasteiger partial charge < -0.3 is 15.0 Å². The highest BCUT2D eigenvalue weighted by Gasteiger charge is 2.28. The van der Waals surface area contributed by atoms with Crippen molar-refractivity contribution < 1.29 is 22.7 Å². The fourth-order valence-corrected chi connectivity index (χ4v) is 4.59. The predicted molar refractivity (Wildman–Crippen MR) is 130 cm³/mol. The van der Waals surface area contributed by atoms with E-state index in [2.05, 4.69) is 5.32 Å². The molecule has 8 nitrogen and oxygen atoms in total. The second-order valence-corrected chi connectivity index (χ2v) is 9.59. The Morgan fingerprint density at radius 3 is 2.36 bits per heavy atom.